The van der Waals surface area contributed by atoms with E-state index in [0.29, 0.717) is 13.2 Å². The first-order valence-corrected chi connectivity index (χ1v) is 7.85. The highest BCUT2D eigenvalue weighted by molar-refractivity contribution is 7.89. The highest BCUT2D eigenvalue weighted by atomic mass is 32.2. The summed E-state index contributed by atoms with van der Waals surface area (Å²) in [5, 5.41) is 2.68. The summed E-state index contributed by atoms with van der Waals surface area (Å²) in [4.78, 5) is 11.6. The topological polar surface area (TPSA) is 84.5 Å². The molecule has 7 heteroatoms. The lowest BCUT2D eigenvalue weighted by Gasteiger charge is -2.24. The summed E-state index contributed by atoms with van der Waals surface area (Å²) in [6.07, 6.45) is 1.42. The number of hydrogen-bond donors (Lipinski definition) is 2. The highest BCUT2D eigenvalue weighted by Crippen LogP contribution is 2.25. The standard InChI is InChI=1S/C11H20N2O4S/c1-11(2)7-12-10(14)9(11)13-18(15,16)6-8-4-3-5-17-8/h8-9,13H,3-7H2,1-2H3,(H,12,14). The molecule has 2 unspecified atom stereocenters. The summed E-state index contributed by atoms with van der Waals surface area (Å²) < 4.78 is 31.8. The van der Waals surface area contributed by atoms with Crippen LogP contribution in [0.3, 0.4) is 0 Å². The molecule has 2 heterocycles. The summed E-state index contributed by atoms with van der Waals surface area (Å²) in [5.74, 6) is -0.316. The van der Waals surface area contributed by atoms with Gasteiger partial charge in [-0.25, -0.2) is 13.1 Å². The predicted octanol–water partition coefficient (Wildman–Crippen LogP) is -0.391. The third-order valence-electron chi connectivity index (χ3n) is 3.49. The van der Waals surface area contributed by atoms with Crippen molar-refractivity contribution >= 4 is 15.9 Å². The first-order valence-electron chi connectivity index (χ1n) is 6.19. The average molecular weight is 276 g/mol. The quantitative estimate of drug-likeness (QED) is 0.732. The van der Waals surface area contributed by atoms with Crippen LogP contribution in [0.4, 0.5) is 0 Å². The number of nitrogens with one attached hydrogen (secondary N) is 2. The number of sulfonamides is 1. The third-order valence-corrected chi connectivity index (χ3v) is 4.89. The minimum absolute atomic E-state index is 0.0626. The molecule has 0 aromatic heterocycles. The smallest absolute Gasteiger partial charge is 0.238 e. The van der Waals surface area contributed by atoms with Crippen LogP contribution in [0.15, 0.2) is 0 Å². The van der Waals surface area contributed by atoms with Crippen LogP contribution in [0.1, 0.15) is 26.7 Å². The molecule has 2 atom stereocenters. The Morgan fingerprint density at radius 3 is 2.72 bits per heavy atom. The van der Waals surface area contributed by atoms with Gasteiger partial charge in [0.15, 0.2) is 0 Å². The van der Waals surface area contributed by atoms with Crippen molar-refractivity contribution in [2.75, 3.05) is 18.9 Å². The van der Waals surface area contributed by atoms with E-state index in [0.717, 1.165) is 12.8 Å². The molecule has 0 aromatic carbocycles. The highest BCUT2D eigenvalue weighted by Gasteiger charge is 2.43. The van der Waals surface area contributed by atoms with Gasteiger partial charge in [0.05, 0.1) is 11.9 Å². The number of ether oxygens (including phenoxy) is 1. The molecular formula is C11H20N2O4S. The Hall–Kier alpha value is -0.660. The van der Waals surface area contributed by atoms with E-state index in [1.165, 1.54) is 0 Å². The number of hydrogen-bond acceptors (Lipinski definition) is 4. The second-order valence-corrected chi connectivity index (χ2v) is 7.47. The molecule has 2 aliphatic heterocycles. The van der Waals surface area contributed by atoms with Gasteiger partial charge in [0.1, 0.15) is 6.04 Å². The molecular weight excluding hydrogens is 256 g/mol. The van der Waals surface area contributed by atoms with Gasteiger partial charge in [0, 0.05) is 18.6 Å². The third kappa shape index (κ3) is 3.02. The van der Waals surface area contributed by atoms with E-state index >= 15 is 0 Å². The summed E-state index contributed by atoms with van der Waals surface area (Å²) in [7, 11) is -3.49. The Morgan fingerprint density at radius 1 is 1.50 bits per heavy atom. The molecule has 2 rings (SSSR count). The number of carbonyl (C=O) groups is 1. The fourth-order valence-electron chi connectivity index (χ4n) is 2.34. The van der Waals surface area contributed by atoms with Crippen molar-refractivity contribution in [2.24, 2.45) is 5.41 Å². The zero-order chi connectivity index (χ0) is 13.4. The van der Waals surface area contributed by atoms with Gasteiger partial charge < -0.3 is 10.1 Å². The van der Waals surface area contributed by atoms with Crippen LogP contribution >= 0.6 is 0 Å². The molecule has 104 valence electrons. The van der Waals surface area contributed by atoms with E-state index in [1.54, 1.807) is 0 Å². The van der Waals surface area contributed by atoms with Gasteiger partial charge in [-0.1, -0.05) is 13.8 Å². The molecule has 2 N–H and O–H groups in total. The molecule has 0 aliphatic carbocycles. The number of amides is 1. The Balaban J connectivity index is 2.00. The zero-order valence-corrected chi connectivity index (χ0v) is 11.5. The summed E-state index contributed by atoms with van der Waals surface area (Å²) >= 11 is 0. The average Bonchev–Trinajstić information content (AvgIpc) is 2.81. The summed E-state index contributed by atoms with van der Waals surface area (Å²) in [6, 6.07) is -0.691. The molecule has 6 nitrogen and oxygen atoms in total. The second-order valence-electron chi connectivity index (χ2n) is 5.67. The molecule has 0 saturated carbocycles. The SMILES string of the molecule is CC1(C)CNC(=O)C1NS(=O)(=O)CC1CCCO1. The molecule has 2 fully saturated rings. The van der Waals surface area contributed by atoms with Gasteiger partial charge in [-0.15, -0.1) is 0 Å². The minimum atomic E-state index is -3.49. The van der Waals surface area contributed by atoms with Crippen LogP contribution in [0.5, 0.6) is 0 Å². The monoisotopic (exact) mass is 276 g/mol. The van der Waals surface area contributed by atoms with Crippen LogP contribution in [0.2, 0.25) is 0 Å². The van der Waals surface area contributed by atoms with Gasteiger partial charge >= 0.3 is 0 Å². The van der Waals surface area contributed by atoms with Crippen molar-refractivity contribution in [1.29, 1.82) is 0 Å². The van der Waals surface area contributed by atoms with Crippen LogP contribution < -0.4 is 10.0 Å². The zero-order valence-electron chi connectivity index (χ0n) is 10.7. The normalized spacial score (nSPS) is 31.6. The van der Waals surface area contributed by atoms with Gasteiger partial charge in [0.2, 0.25) is 15.9 Å². The van der Waals surface area contributed by atoms with Crippen molar-refractivity contribution in [1.82, 2.24) is 10.0 Å². The number of carbonyl (C=O) groups excluding carboxylic acids is 1. The Kier molecular flexibility index (Phi) is 3.66. The van der Waals surface area contributed by atoms with Crippen molar-refractivity contribution in [3.63, 3.8) is 0 Å². The van der Waals surface area contributed by atoms with Crippen LogP contribution in [0, 0.1) is 5.41 Å². The fraction of sp³-hybridized carbons (Fsp3) is 0.909. The molecule has 0 bridgehead atoms. The Labute approximate surface area is 108 Å². The van der Waals surface area contributed by atoms with Gasteiger partial charge in [-0.3, -0.25) is 4.79 Å². The lowest BCUT2D eigenvalue weighted by molar-refractivity contribution is -0.121. The minimum Gasteiger partial charge on any atom is -0.377 e. The van der Waals surface area contributed by atoms with Crippen LogP contribution in [-0.4, -0.2) is 45.4 Å². The van der Waals surface area contributed by atoms with Crippen molar-refractivity contribution in [2.45, 2.75) is 38.8 Å². The summed E-state index contributed by atoms with van der Waals surface area (Å²) in [5.41, 5.74) is -0.402. The lowest BCUT2D eigenvalue weighted by atomic mass is 9.88. The van der Waals surface area contributed by atoms with E-state index in [4.69, 9.17) is 4.74 Å². The fourth-order valence-corrected chi connectivity index (χ4v) is 3.97. The largest absolute Gasteiger partial charge is 0.377 e. The first kappa shape index (κ1) is 13.8. The predicted molar refractivity (Wildman–Crippen MR) is 66.5 cm³/mol. The first-order chi connectivity index (χ1) is 8.30. The van der Waals surface area contributed by atoms with Crippen LogP contribution in [-0.2, 0) is 19.6 Å². The maximum Gasteiger partial charge on any atom is 0.238 e. The van der Waals surface area contributed by atoms with Gasteiger partial charge in [-0.2, -0.15) is 0 Å². The van der Waals surface area contributed by atoms with E-state index in [-0.39, 0.29) is 17.8 Å². The van der Waals surface area contributed by atoms with Gasteiger partial charge in [-0.05, 0) is 12.8 Å². The molecule has 1 amide bonds. The lowest BCUT2D eigenvalue weighted by Crippen LogP contribution is -2.48. The Morgan fingerprint density at radius 2 is 2.22 bits per heavy atom. The maximum absolute atomic E-state index is 12.0. The maximum atomic E-state index is 12.0. The van der Waals surface area contributed by atoms with Crippen molar-refractivity contribution in [3.05, 3.63) is 0 Å². The van der Waals surface area contributed by atoms with E-state index in [1.807, 2.05) is 13.8 Å². The molecule has 2 aliphatic rings. The van der Waals surface area contributed by atoms with Gasteiger partial charge in [0.25, 0.3) is 0 Å². The van der Waals surface area contributed by atoms with Crippen LogP contribution in [0.25, 0.3) is 0 Å². The molecule has 18 heavy (non-hydrogen) atoms. The molecule has 0 aromatic rings. The Bertz CT molecular complexity index is 426. The summed E-state index contributed by atoms with van der Waals surface area (Å²) in [6.45, 7) is 4.84. The second kappa shape index (κ2) is 4.79. The van der Waals surface area contributed by atoms with E-state index in [9.17, 15) is 13.2 Å². The number of rotatable bonds is 4. The van der Waals surface area contributed by atoms with Crippen molar-refractivity contribution in [3.8, 4) is 0 Å². The molecule has 2 saturated heterocycles. The van der Waals surface area contributed by atoms with Crippen molar-refractivity contribution < 1.29 is 17.9 Å². The van der Waals surface area contributed by atoms with E-state index < -0.39 is 21.5 Å². The van der Waals surface area contributed by atoms with E-state index in [2.05, 4.69) is 10.0 Å². The molecule has 0 radical (unpaired) electrons. The molecule has 0 spiro atoms.